The molecule has 3 aromatic heterocycles. The normalized spacial score (nSPS) is 14.1. The maximum atomic E-state index is 13.1. The summed E-state index contributed by atoms with van der Waals surface area (Å²) in [4.78, 5) is 33.3. The number of hydrogen-bond acceptors (Lipinski definition) is 8. The van der Waals surface area contributed by atoms with Crippen molar-refractivity contribution in [3.05, 3.63) is 72.4 Å². The molecule has 5 rings (SSSR count). The smallest absolute Gasteiger partial charge is 0.169 e. The van der Waals surface area contributed by atoms with Gasteiger partial charge in [0.1, 0.15) is 11.6 Å². The second-order valence-electron chi connectivity index (χ2n) is 10.0. The van der Waals surface area contributed by atoms with Gasteiger partial charge < -0.3 is 15.0 Å². The number of fused-ring (bicyclic) bond motifs is 1. The lowest BCUT2D eigenvalue weighted by Crippen LogP contribution is -2.36. The molecule has 1 aromatic carbocycles. The number of pyridine rings is 2. The minimum absolute atomic E-state index is 0.0155. The fraction of sp³-hybridized carbons (Fsp3) is 0.321. The van der Waals surface area contributed by atoms with E-state index in [9.17, 15) is 4.79 Å². The fourth-order valence-electron chi connectivity index (χ4n) is 4.22. The van der Waals surface area contributed by atoms with Gasteiger partial charge in [0, 0.05) is 53.2 Å². The Kier molecular flexibility index (Phi) is 6.61. The predicted octanol–water partition coefficient (Wildman–Crippen LogP) is 4.56. The Balaban J connectivity index is 1.36. The van der Waals surface area contributed by atoms with Crippen molar-refractivity contribution in [2.75, 3.05) is 36.5 Å². The van der Waals surface area contributed by atoms with Crippen molar-refractivity contribution in [2.45, 2.75) is 32.7 Å². The van der Waals surface area contributed by atoms with Gasteiger partial charge in [0.05, 0.1) is 37.7 Å². The third-order valence-corrected chi connectivity index (χ3v) is 5.96. The van der Waals surface area contributed by atoms with E-state index in [1.54, 1.807) is 24.7 Å². The molecule has 1 fully saturated rings. The molecule has 0 saturated carbocycles. The third kappa shape index (κ3) is 5.66. The summed E-state index contributed by atoms with van der Waals surface area (Å²) in [6.07, 6.45) is 7.22. The number of rotatable bonds is 6. The van der Waals surface area contributed by atoms with Gasteiger partial charge in [0.2, 0.25) is 0 Å². The van der Waals surface area contributed by atoms with E-state index in [4.69, 9.17) is 9.72 Å². The summed E-state index contributed by atoms with van der Waals surface area (Å²) in [6, 6.07) is 11.7. The summed E-state index contributed by atoms with van der Waals surface area (Å²) in [7, 11) is 0. The highest BCUT2D eigenvalue weighted by atomic mass is 16.5. The number of benzene rings is 1. The van der Waals surface area contributed by atoms with Gasteiger partial charge in [-0.05, 0) is 50.4 Å². The van der Waals surface area contributed by atoms with Crippen molar-refractivity contribution < 1.29 is 9.53 Å². The molecule has 8 heteroatoms. The number of carbonyl (C=O) groups is 1. The molecule has 1 aliphatic heterocycles. The lowest BCUT2D eigenvalue weighted by Gasteiger charge is -2.27. The number of hydrogen-bond donors (Lipinski definition) is 1. The van der Waals surface area contributed by atoms with Gasteiger partial charge in [-0.1, -0.05) is 12.1 Å². The standard InChI is InChI=1S/C28H30N6O2/c1-28(2,3)33-26-18-29-17-24(32-26)19-4-5-21-16-31-23(13-22(21)12-19)15-25(35)20-6-7-30-27(14-20)34-8-10-36-11-9-34/h4-7,12-14,16-18H,8-11,15H2,1-3H3,(H,32,33). The molecular weight excluding hydrogens is 452 g/mol. The first-order chi connectivity index (χ1) is 17.3. The number of ether oxygens (including phenoxy) is 1. The summed E-state index contributed by atoms with van der Waals surface area (Å²) < 4.78 is 5.42. The van der Waals surface area contributed by atoms with Crippen LogP contribution in [0.3, 0.4) is 0 Å². The molecule has 184 valence electrons. The van der Waals surface area contributed by atoms with Crippen molar-refractivity contribution >= 4 is 28.2 Å². The maximum absolute atomic E-state index is 13.1. The number of Topliss-reactive ketones (excluding diaryl/α,β-unsaturated/α-hetero) is 1. The number of morpholine rings is 1. The van der Waals surface area contributed by atoms with E-state index in [0.717, 1.165) is 52.4 Å². The number of carbonyl (C=O) groups excluding carboxylic acids is 1. The van der Waals surface area contributed by atoms with Gasteiger partial charge in [-0.25, -0.2) is 9.97 Å². The minimum atomic E-state index is -0.110. The van der Waals surface area contributed by atoms with Crippen LogP contribution in [0.5, 0.6) is 0 Å². The molecule has 36 heavy (non-hydrogen) atoms. The van der Waals surface area contributed by atoms with Crippen molar-refractivity contribution in [3.63, 3.8) is 0 Å². The molecule has 0 spiro atoms. The van der Waals surface area contributed by atoms with Crippen molar-refractivity contribution in [1.82, 2.24) is 19.9 Å². The molecular formula is C28H30N6O2. The van der Waals surface area contributed by atoms with Gasteiger partial charge in [-0.2, -0.15) is 0 Å². The van der Waals surface area contributed by atoms with E-state index >= 15 is 0 Å². The maximum Gasteiger partial charge on any atom is 0.169 e. The predicted molar refractivity (Wildman–Crippen MR) is 141 cm³/mol. The quantitative estimate of drug-likeness (QED) is 0.400. The molecule has 0 radical (unpaired) electrons. The average Bonchev–Trinajstić information content (AvgIpc) is 2.88. The van der Waals surface area contributed by atoms with Gasteiger partial charge in [-0.15, -0.1) is 0 Å². The Morgan fingerprint density at radius 3 is 2.64 bits per heavy atom. The highest BCUT2D eigenvalue weighted by molar-refractivity contribution is 5.98. The van der Waals surface area contributed by atoms with E-state index in [-0.39, 0.29) is 17.7 Å². The lowest BCUT2D eigenvalue weighted by molar-refractivity contribution is 0.0992. The Hall–Kier alpha value is -3.91. The Morgan fingerprint density at radius 1 is 1.00 bits per heavy atom. The van der Waals surface area contributed by atoms with Gasteiger partial charge >= 0.3 is 0 Å². The van der Waals surface area contributed by atoms with Crippen LogP contribution in [0.25, 0.3) is 22.0 Å². The molecule has 0 bridgehead atoms. The van der Waals surface area contributed by atoms with Crippen LogP contribution >= 0.6 is 0 Å². The largest absolute Gasteiger partial charge is 0.378 e. The third-order valence-electron chi connectivity index (χ3n) is 5.96. The Labute approximate surface area is 210 Å². The zero-order chi connectivity index (χ0) is 25.1. The molecule has 4 aromatic rings. The molecule has 8 nitrogen and oxygen atoms in total. The minimum Gasteiger partial charge on any atom is -0.378 e. The zero-order valence-electron chi connectivity index (χ0n) is 20.9. The van der Waals surface area contributed by atoms with Gasteiger partial charge in [0.15, 0.2) is 5.78 Å². The van der Waals surface area contributed by atoms with E-state index in [2.05, 4.69) is 52.0 Å². The second-order valence-corrected chi connectivity index (χ2v) is 10.0. The monoisotopic (exact) mass is 482 g/mol. The van der Waals surface area contributed by atoms with Crippen LogP contribution in [0.1, 0.15) is 36.8 Å². The Bertz CT molecular complexity index is 1390. The molecule has 0 amide bonds. The highest BCUT2D eigenvalue weighted by Gasteiger charge is 2.16. The number of aromatic nitrogens is 4. The first-order valence-electron chi connectivity index (χ1n) is 12.2. The summed E-state index contributed by atoms with van der Waals surface area (Å²) in [5.74, 6) is 1.56. The number of nitrogens with one attached hydrogen (secondary N) is 1. The average molecular weight is 483 g/mol. The van der Waals surface area contributed by atoms with E-state index < -0.39 is 0 Å². The van der Waals surface area contributed by atoms with Crippen molar-refractivity contribution in [1.29, 1.82) is 0 Å². The lowest BCUT2D eigenvalue weighted by atomic mass is 10.0. The summed E-state index contributed by atoms with van der Waals surface area (Å²) in [5, 5.41) is 5.37. The molecule has 0 atom stereocenters. The van der Waals surface area contributed by atoms with Crippen LogP contribution < -0.4 is 10.2 Å². The SMILES string of the molecule is CC(C)(C)Nc1cncc(-c2ccc3cnc(CC(=O)c4ccnc(N5CCOCC5)c4)cc3c2)n1. The fourth-order valence-corrected chi connectivity index (χ4v) is 4.22. The molecule has 1 saturated heterocycles. The molecule has 0 aliphatic carbocycles. The van der Waals surface area contributed by atoms with E-state index in [0.29, 0.717) is 18.8 Å². The zero-order valence-corrected chi connectivity index (χ0v) is 20.9. The van der Waals surface area contributed by atoms with Gasteiger partial charge in [-0.3, -0.25) is 14.8 Å². The first-order valence-corrected chi connectivity index (χ1v) is 12.2. The topological polar surface area (TPSA) is 93.1 Å². The molecule has 4 heterocycles. The van der Waals surface area contributed by atoms with Crippen LogP contribution in [-0.2, 0) is 11.2 Å². The number of ketones is 1. The van der Waals surface area contributed by atoms with Crippen molar-refractivity contribution in [3.8, 4) is 11.3 Å². The molecule has 1 aliphatic rings. The summed E-state index contributed by atoms with van der Waals surface area (Å²) >= 11 is 0. The number of nitrogens with zero attached hydrogens (tertiary/aromatic N) is 5. The van der Waals surface area contributed by atoms with Crippen LogP contribution in [0.2, 0.25) is 0 Å². The summed E-state index contributed by atoms with van der Waals surface area (Å²) in [6.45, 7) is 9.16. The highest BCUT2D eigenvalue weighted by Crippen LogP contribution is 2.25. The van der Waals surface area contributed by atoms with E-state index in [1.165, 1.54) is 0 Å². The van der Waals surface area contributed by atoms with Gasteiger partial charge in [0.25, 0.3) is 0 Å². The molecule has 0 unspecified atom stereocenters. The van der Waals surface area contributed by atoms with Crippen LogP contribution in [0.15, 0.2) is 61.2 Å². The van der Waals surface area contributed by atoms with Crippen LogP contribution in [0, 0.1) is 0 Å². The first kappa shape index (κ1) is 23.8. The Morgan fingerprint density at radius 2 is 1.83 bits per heavy atom. The van der Waals surface area contributed by atoms with Crippen LogP contribution in [-0.4, -0.2) is 57.6 Å². The molecule has 1 N–H and O–H groups in total. The second kappa shape index (κ2) is 9.99. The van der Waals surface area contributed by atoms with Crippen molar-refractivity contribution in [2.24, 2.45) is 0 Å². The van der Waals surface area contributed by atoms with E-state index in [1.807, 2.05) is 30.5 Å². The van der Waals surface area contributed by atoms with Crippen LogP contribution in [0.4, 0.5) is 11.6 Å². The number of anilines is 2. The summed E-state index contributed by atoms with van der Waals surface area (Å²) in [5.41, 5.74) is 3.00.